The molecular weight excluding hydrogens is 225 g/mol. The molecule has 1 amide bonds. The van der Waals surface area contributed by atoms with E-state index in [4.69, 9.17) is 5.73 Å². The summed E-state index contributed by atoms with van der Waals surface area (Å²) in [5.41, 5.74) is 5.67. The minimum Gasteiger partial charge on any atom is -0.365 e. The lowest BCUT2D eigenvalue weighted by molar-refractivity contribution is 0.0995. The Labute approximate surface area is 77.7 Å². The molecule has 0 aromatic heterocycles. The molecule has 0 spiro atoms. The molecular formula is C8H7BrFNO. The zero-order chi connectivity index (χ0) is 9.30. The summed E-state index contributed by atoms with van der Waals surface area (Å²) in [4.78, 5) is 10.7. The quantitative estimate of drug-likeness (QED) is 0.790. The molecule has 0 fully saturated rings. The fraction of sp³-hybridized carbons (Fsp3) is 0.125. The van der Waals surface area contributed by atoms with E-state index in [2.05, 4.69) is 15.9 Å². The van der Waals surface area contributed by atoms with Gasteiger partial charge in [0.25, 0.3) is 5.91 Å². The number of benzene rings is 1. The monoisotopic (exact) mass is 231 g/mol. The number of halogens is 2. The van der Waals surface area contributed by atoms with Crippen molar-refractivity contribution in [2.24, 2.45) is 5.73 Å². The van der Waals surface area contributed by atoms with E-state index >= 15 is 0 Å². The summed E-state index contributed by atoms with van der Waals surface area (Å²) in [5.74, 6) is -1.36. The van der Waals surface area contributed by atoms with Crippen LogP contribution in [0.2, 0.25) is 0 Å². The number of hydrogen-bond donors (Lipinski definition) is 1. The summed E-state index contributed by atoms with van der Waals surface area (Å²) in [7, 11) is 0. The SMILES string of the molecule is Cc1ccc(F)c(C(N)=O)c1Br. The molecule has 0 unspecified atom stereocenters. The first-order chi connectivity index (χ1) is 5.54. The van der Waals surface area contributed by atoms with E-state index in [0.717, 1.165) is 5.56 Å². The van der Waals surface area contributed by atoms with E-state index < -0.39 is 11.7 Å². The second-order valence-corrected chi connectivity index (χ2v) is 3.21. The molecule has 64 valence electrons. The zero-order valence-electron chi connectivity index (χ0n) is 6.40. The maximum atomic E-state index is 13.0. The third-order valence-electron chi connectivity index (χ3n) is 1.53. The van der Waals surface area contributed by atoms with Gasteiger partial charge in [0.1, 0.15) is 5.82 Å². The van der Waals surface area contributed by atoms with E-state index in [-0.39, 0.29) is 5.56 Å². The summed E-state index contributed by atoms with van der Waals surface area (Å²) in [6, 6.07) is 2.80. The summed E-state index contributed by atoms with van der Waals surface area (Å²) >= 11 is 3.09. The van der Waals surface area contributed by atoms with Gasteiger partial charge in [-0.05, 0) is 34.5 Å². The van der Waals surface area contributed by atoms with Gasteiger partial charge in [0.15, 0.2) is 0 Å². The number of carbonyl (C=O) groups excluding carboxylic acids is 1. The minimum absolute atomic E-state index is 0.0880. The lowest BCUT2D eigenvalue weighted by Gasteiger charge is -2.03. The number of hydrogen-bond acceptors (Lipinski definition) is 1. The van der Waals surface area contributed by atoms with Crippen LogP contribution in [0.1, 0.15) is 15.9 Å². The Kier molecular flexibility index (Phi) is 2.47. The molecule has 1 rings (SSSR count). The molecule has 0 atom stereocenters. The van der Waals surface area contributed by atoms with Crippen LogP contribution in [0.3, 0.4) is 0 Å². The van der Waals surface area contributed by atoms with Crippen LogP contribution in [-0.4, -0.2) is 5.91 Å². The van der Waals surface area contributed by atoms with Gasteiger partial charge in [-0.2, -0.15) is 0 Å². The third kappa shape index (κ3) is 1.48. The van der Waals surface area contributed by atoms with Crippen LogP contribution in [0.4, 0.5) is 4.39 Å². The molecule has 0 aliphatic rings. The summed E-state index contributed by atoms with van der Waals surface area (Å²) in [5, 5.41) is 0. The van der Waals surface area contributed by atoms with Crippen molar-refractivity contribution < 1.29 is 9.18 Å². The number of carbonyl (C=O) groups is 1. The predicted octanol–water partition coefficient (Wildman–Crippen LogP) is 2.00. The third-order valence-corrected chi connectivity index (χ3v) is 2.55. The largest absolute Gasteiger partial charge is 0.365 e. The van der Waals surface area contributed by atoms with Crippen molar-refractivity contribution in [2.45, 2.75) is 6.92 Å². The molecule has 1 aromatic carbocycles. The summed E-state index contributed by atoms with van der Waals surface area (Å²) < 4.78 is 13.4. The van der Waals surface area contributed by atoms with Crippen LogP contribution in [-0.2, 0) is 0 Å². The van der Waals surface area contributed by atoms with Gasteiger partial charge in [0, 0.05) is 4.47 Å². The Morgan fingerprint density at radius 2 is 2.17 bits per heavy atom. The second kappa shape index (κ2) is 3.23. The van der Waals surface area contributed by atoms with Crippen molar-refractivity contribution in [3.05, 3.63) is 33.5 Å². The summed E-state index contributed by atoms with van der Waals surface area (Å²) in [6.45, 7) is 1.76. The lowest BCUT2D eigenvalue weighted by atomic mass is 10.1. The van der Waals surface area contributed by atoms with Gasteiger partial charge in [-0.3, -0.25) is 4.79 Å². The van der Waals surface area contributed by atoms with Crippen molar-refractivity contribution in [3.8, 4) is 0 Å². The Bertz CT molecular complexity index is 338. The fourth-order valence-corrected chi connectivity index (χ4v) is 1.40. The molecule has 0 aliphatic carbocycles. The first-order valence-electron chi connectivity index (χ1n) is 3.28. The number of aryl methyl sites for hydroxylation is 1. The van der Waals surface area contributed by atoms with Gasteiger partial charge < -0.3 is 5.73 Å². The first-order valence-corrected chi connectivity index (χ1v) is 4.07. The van der Waals surface area contributed by atoms with Gasteiger partial charge in [-0.25, -0.2) is 4.39 Å². The standard InChI is InChI=1S/C8H7BrFNO/c1-4-2-3-5(10)6(7(4)9)8(11)12/h2-3H,1H3,(H2,11,12). The molecule has 2 nitrogen and oxygen atoms in total. The van der Waals surface area contributed by atoms with Gasteiger partial charge >= 0.3 is 0 Å². The van der Waals surface area contributed by atoms with Crippen molar-refractivity contribution in [1.29, 1.82) is 0 Å². The molecule has 1 aromatic rings. The Morgan fingerprint density at radius 1 is 1.58 bits per heavy atom. The first kappa shape index (κ1) is 9.19. The molecule has 2 N–H and O–H groups in total. The zero-order valence-corrected chi connectivity index (χ0v) is 7.98. The van der Waals surface area contributed by atoms with E-state index in [0.29, 0.717) is 4.47 Å². The van der Waals surface area contributed by atoms with Crippen LogP contribution in [0.5, 0.6) is 0 Å². The highest BCUT2D eigenvalue weighted by atomic mass is 79.9. The van der Waals surface area contributed by atoms with E-state index in [1.807, 2.05) is 0 Å². The van der Waals surface area contributed by atoms with Gasteiger partial charge in [0.05, 0.1) is 5.56 Å². The Balaban J connectivity index is 3.43. The highest BCUT2D eigenvalue weighted by Gasteiger charge is 2.13. The van der Waals surface area contributed by atoms with Gasteiger partial charge in [-0.1, -0.05) is 6.07 Å². The van der Waals surface area contributed by atoms with Crippen LogP contribution < -0.4 is 5.73 Å². The number of primary amides is 1. The molecule has 0 saturated heterocycles. The molecule has 0 saturated carbocycles. The van der Waals surface area contributed by atoms with E-state index in [1.165, 1.54) is 6.07 Å². The van der Waals surface area contributed by atoms with Gasteiger partial charge in [0.2, 0.25) is 0 Å². The minimum atomic E-state index is -0.761. The maximum Gasteiger partial charge on any atom is 0.252 e. The average molecular weight is 232 g/mol. The van der Waals surface area contributed by atoms with Crippen LogP contribution >= 0.6 is 15.9 Å². The smallest absolute Gasteiger partial charge is 0.252 e. The highest BCUT2D eigenvalue weighted by Crippen LogP contribution is 2.23. The number of amides is 1. The molecule has 12 heavy (non-hydrogen) atoms. The molecule has 4 heteroatoms. The summed E-state index contributed by atoms with van der Waals surface area (Å²) in [6.07, 6.45) is 0. The molecule has 0 bridgehead atoms. The topological polar surface area (TPSA) is 43.1 Å². The van der Waals surface area contributed by atoms with Crippen molar-refractivity contribution >= 4 is 21.8 Å². The molecule has 0 heterocycles. The van der Waals surface area contributed by atoms with E-state index in [1.54, 1.807) is 13.0 Å². The lowest BCUT2D eigenvalue weighted by Crippen LogP contribution is -2.14. The number of rotatable bonds is 1. The van der Waals surface area contributed by atoms with Crippen molar-refractivity contribution in [3.63, 3.8) is 0 Å². The average Bonchev–Trinajstić information content (AvgIpc) is 1.97. The van der Waals surface area contributed by atoms with Crippen LogP contribution in [0.25, 0.3) is 0 Å². The number of nitrogens with two attached hydrogens (primary N) is 1. The highest BCUT2D eigenvalue weighted by molar-refractivity contribution is 9.10. The van der Waals surface area contributed by atoms with Crippen LogP contribution in [0, 0.1) is 12.7 Å². The Morgan fingerprint density at radius 3 is 2.58 bits per heavy atom. The Hall–Kier alpha value is -0.900. The van der Waals surface area contributed by atoms with Crippen LogP contribution in [0.15, 0.2) is 16.6 Å². The fourth-order valence-electron chi connectivity index (χ4n) is 0.883. The normalized spacial score (nSPS) is 9.92. The second-order valence-electron chi connectivity index (χ2n) is 2.42. The maximum absolute atomic E-state index is 13.0. The predicted molar refractivity (Wildman–Crippen MR) is 47.4 cm³/mol. The van der Waals surface area contributed by atoms with Crippen molar-refractivity contribution in [1.82, 2.24) is 0 Å². The molecule has 0 radical (unpaired) electrons. The van der Waals surface area contributed by atoms with E-state index in [9.17, 15) is 9.18 Å². The molecule has 0 aliphatic heterocycles. The van der Waals surface area contributed by atoms with Crippen molar-refractivity contribution in [2.75, 3.05) is 0 Å². The van der Waals surface area contributed by atoms with Gasteiger partial charge in [-0.15, -0.1) is 0 Å².